The maximum Gasteiger partial charge on any atom is 0.255 e. The zero-order chi connectivity index (χ0) is 16.4. The second-order valence-corrected chi connectivity index (χ2v) is 8.80. The number of hydrogen-bond acceptors (Lipinski definition) is 6. The number of amides is 1. The van der Waals surface area contributed by atoms with Crippen molar-refractivity contribution in [3.05, 3.63) is 17.0 Å². The summed E-state index contributed by atoms with van der Waals surface area (Å²) in [5.74, 6) is -0.0984. The molecular formula is C14H21N3O4S2. The third-order valence-electron chi connectivity index (χ3n) is 4.15. The van der Waals surface area contributed by atoms with E-state index in [1.165, 1.54) is 10.4 Å². The number of sulfonamides is 1. The van der Waals surface area contributed by atoms with Crippen LogP contribution in [0.1, 0.15) is 17.3 Å². The fourth-order valence-electron chi connectivity index (χ4n) is 2.79. The van der Waals surface area contributed by atoms with Gasteiger partial charge in [-0.2, -0.15) is 4.31 Å². The Morgan fingerprint density at radius 3 is 2.78 bits per heavy atom. The van der Waals surface area contributed by atoms with Gasteiger partial charge in [0.1, 0.15) is 4.21 Å². The number of nitrogens with zero attached hydrogens (tertiary/aromatic N) is 2. The standard InChI is InChI=1S/C14H21N3O4S2/c1-11-9-15-2-3-17(11)14(18)12-8-13(22-10-12)23(19,20)16-4-6-21-7-5-16/h8,10-11,15H,2-7,9H2,1H3/t11-/m1/s1. The summed E-state index contributed by atoms with van der Waals surface area (Å²) in [6.45, 7) is 5.69. The summed E-state index contributed by atoms with van der Waals surface area (Å²) in [4.78, 5) is 14.4. The minimum atomic E-state index is -3.53. The van der Waals surface area contributed by atoms with E-state index >= 15 is 0 Å². The van der Waals surface area contributed by atoms with Crippen molar-refractivity contribution in [3.8, 4) is 0 Å². The summed E-state index contributed by atoms with van der Waals surface area (Å²) in [6, 6.07) is 1.61. The lowest BCUT2D eigenvalue weighted by atomic mass is 10.2. The van der Waals surface area contributed by atoms with Gasteiger partial charge in [-0.3, -0.25) is 4.79 Å². The van der Waals surface area contributed by atoms with Crippen molar-refractivity contribution in [1.29, 1.82) is 0 Å². The van der Waals surface area contributed by atoms with Crippen LogP contribution in [-0.4, -0.2) is 75.5 Å². The first kappa shape index (κ1) is 16.8. The first-order valence-electron chi connectivity index (χ1n) is 7.68. The number of piperazine rings is 1. The van der Waals surface area contributed by atoms with Crippen LogP contribution in [0, 0.1) is 0 Å². The molecule has 0 aromatic carbocycles. The molecule has 0 unspecified atom stereocenters. The lowest BCUT2D eigenvalue weighted by Crippen LogP contribution is -2.52. The Hall–Kier alpha value is -1.00. The maximum absolute atomic E-state index is 12.6. The average molecular weight is 359 g/mol. The smallest absolute Gasteiger partial charge is 0.255 e. The highest BCUT2D eigenvalue weighted by molar-refractivity contribution is 7.91. The van der Waals surface area contributed by atoms with E-state index in [-0.39, 0.29) is 16.2 Å². The van der Waals surface area contributed by atoms with E-state index in [1.54, 1.807) is 10.3 Å². The highest BCUT2D eigenvalue weighted by atomic mass is 32.2. The van der Waals surface area contributed by atoms with Gasteiger partial charge in [0, 0.05) is 44.1 Å². The van der Waals surface area contributed by atoms with Crippen LogP contribution in [0.15, 0.2) is 15.7 Å². The topological polar surface area (TPSA) is 79.0 Å². The van der Waals surface area contributed by atoms with Gasteiger partial charge in [0.05, 0.1) is 18.8 Å². The fourth-order valence-corrected chi connectivity index (χ4v) is 5.50. The molecule has 7 nitrogen and oxygen atoms in total. The molecule has 3 rings (SSSR count). The van der Waals surface area contributed by atoms with E-state index in [0.29, 0.717) is 38.4 Å². The molecule has 3 heterocycles. The Bertz CT molecular complexity index is 667. The van der Waals surface area contributed by atoms with Crippen molar-refractivity contribution in [2.75, 3.05) is 45.9 Å². The second kappa shape index (κ2) is 6.86. The molecule has 0 spiro atoms. The molecule has 2 aliphatic heterocycles. The van der Waals surface area contributed by atoms with Crippen LogP contribution < -0.4 is 5.32 Å². The van der Waals surface area contributed by atoms with Crippen LogP contribution in [0.25, 0.3) is 0 Å². The number of carbonyl (C=O) groups is 1. The molecule has 2 fully saturated rings. The Kier molecular flexibility index (Phi) is 5.02. The highest BCUT2D eigenvalue weighted by Gasteiger charge is 2.30. The second-order valence-electron chi connectivity index (χ2n) is 5.72. The largest absolute Gasteiger partial charge is 0.379 e. The van der Waals surface area contributed by atoms with Gasteiger partial charge in [0.25, 0.3) is 15.9 Å². The van der Waals surface area contributed by atoms with Gasteiger partial charge in [-0.15, -0.1) is 11.3 Å². The summed E-state index contributed by atoms with van der Waals surface area (Å²) < 4.78 is 32.1. The molecule has 0 saturated carbocycles. The SMILES string of the molecule is C[C@@H]1CNCCN1C(=O)c1csc(S(=O)(=O)N2CCOCC2)c1. The lowest BCUT2D eigenvalue weighted by Gasteiger charge is -2.33. The predicted molar refractivity (Wildman–Crippen MR) is 87.3 cm³/mol. The molecule has 23 heavy (non-hydrogen) atoms. The van der Waals surface area contributed by atoms with Gasteiger partial charge < -0.3 is 15.0 Å². The summed E-state index contributed by atoms with van der Waals surface area (Å²) in [7, 11) is -3.53. The van der Waals surface area contributed by atoms with Crippen molar-refractivity contribution in [2.45, 2.75) is 17.2 Å². The van der Waals surface area contributed by atoms with Crippen molar-refractivity contribution in [2.24, 2.45) is 0 Å². The monoisotopic (exact) mass is 359 g/mol. The van der Waals surface area contributed by atoms with Crippen molar-refractivity contribution in [1.82, 2.24) is 14.5 Å². The summed E-state index contributed by atoms with van der Waals surface area (Å²) in [6.07, 6.45) is 0. The molecule has 128 valence electrons. The lowest BCUT2D eigenvalue weighted by molar-refractivity contribution is 0.0656. The number of hydrogen-bond donors (Lipinski definition) is 1. The van der Waals surface area contributed by atoms with Gasteiger partial charge in [-0.05, 0) is 13.0 Å². The van der Waals surface area contributed by atoms with Gasteiger partial charge in [0.15, 0.2) is 0 Å². The molecule has 1 aromatic heterocycles. The molecule has 1 N–H and O–H groups in total. The molecule has 0 bridgehead atoms. The number of rotatable bonds is 3. The Balaban J connectivity index is 1.78. The molecule has 1 aromatic rings. The number of ether oxygens (including phenoxy) is 1. The zero-order valence-corrected chi connectivity index (χ0v) is 14.7. The number of nitrogens with one attached hydrogen (secondary N) is 1. The van der Waals surface area contributed by atoms with E-state index in [9.17, 15) is 13.2 Å². The minimum absolute atomic E-state index is 0.0984. The van der Waals surface area contributed by atoms with Crippen molar-refractivity contribution < 1.29 is 17.9 Å². The van der Waals surface area contributed by atoms with Crippen molar-refractivity contribution in [3.63, 3.8) is 0 Å². The van der Waals surface area contributed by atoms with E-state index in [2.05, 4.69) is 5.32 Å². The van der Waals surface area contributed by atoms with Gasteiger partial charge in [0.2, 0.25) is 0 Å². The Labute approximate surface area is 140 Å². The third kappa shape index (κ3) is 3.43. The molecular weight excluding hydrogens is 338 g/mol. The third-order valence-corrected chi connectivity index (χ3v) is 7.46. The van der Waals surface area contributed by atoms with Crippen LogP contribution in [0.3, 0.4) is 0 Å². The molecule has 2 saturated heterocycles. The van der Waals surface area contributed by atoms with E-state index in [4.69, 9.17) is 4.74 Å². The molecule has 9 heteroatoms. The van der Waals surface area contributed by atoms with E-state index in [1.807, 2.05) is 6.92 Å². The molecule has 1 amide bonds. The first-order valence-corrected chi connectivity index (χ1v) is 10.0. The summed E-state index contributed by atoms with van der Waals surface area (Å²) in [5.41, 5.74) is 0.454. The zero-order valence-electron chi connectivity index (χ0n) is 13.0. The van der Waals surface area contributed by atoms with Crippen LogP contribution in [0.2, 0.25) is 0 Å². The van der Waals surface area contributed by atoms with Gasteiger partial charge in [-0.25, -0.2) is 8.42 Å². The van der Waals surface area contributed by atoms with Gasteiger partial charge >= 0.3 is 0 Å². The predicted octanol–water partition coefficient (Wildman–Crippen LogP) is 0.203. The number of carbonyl (C=O) groups excluding carboxylic acids is 1. The average Bonchev–Trinajstić information content (AvgIpc) is 3.06. The number of morpholine rings is 1. The van der Waals surface area contributed by atoms with E-state index < -0.39 is 10.0 Å². The summed E-state index contributed by atoms with van der Waals surface area (Å²) >= 11 is 1.11. The highest BCUT2D eigenvalue weighted by Crippen LogP contribution is 2.26. The van der Waals surface area contributed by atoms with Crippen LogP contribution in [0.5, 0.6) is 0 Å². The van der Waals surface area contributed by atoms with Crippen LogP contribution in [-0.2, 0) is 14.8 Å². The van der Waals surface area contributed by atoms with Crippen molar-refractivity contribution >= 4 is 27.3 Å². The molecule has 1 atom stereocenters. The minimum Gasteiger partial charge on any atom is -0.379 e. The Morgan fingerprint density at radius 2 is 2.09 bits per heavy atom. The first-order chi connectivity index (χ1) is 11.0. The van der Waals surface area contributed by atoms with E-state index in [0.717, 1.165) is 24.4 Å². The maximum atomic E-state index is 12.6. The van der Waals surface area contributed by atoms with Crippen LogP contribution >= 0.6 is 11.3 Å². The normalized spacial score (nSPS) is 23.9. The van der Waals surface area contributed by atoms with Gasteiger partial charge in [-0.1, -0.05) is 0 Å². The molecule has 0 radical (unpaired) electrons. The molecule has 0 aliphatic carbocycles. The fraction of sp³-hybridized carbons (Fsp3) is 0.643. The molecule has 2 aliphatic rings. The quantitative estimate of drug-likeness (QED) is 0.834. The summed E-state index contributed by atoms with van der Waals surface area (Å²) in [5, 5.41) is 4.88. The number of thiophene rings is 1. The van der Waals surface area contributed by atoms with Crippen LogP contribution in [0.4, 0.5) is 0 Å². The Morgan fingerprint density at radius 1 is 1.35 bits per heavy atom.